The first-order valence-electron chi connectivity index (χ1n) is 5.50. The maximum Gasteiger partial charge on any atom is 0.240 e. The molecular formula is C11H19N5O2Y-2. The third-order valence-electron chi connectivity index (χ3n) is 2.01. The second-order valence-electron chi connectivity index (χ2n) is 3.43. The smallest absolute Gasteiger partial charge is 0.240 e. The average molecular weight is 342 g/mol. The number of carbonyl (C=O) groups excluding carboxylic acids is 2. The summed E-state index contributed by atoms with van der Waals surface area (Å²) in [6.07, 6.45) is 3.35. The van der Waals surface area contributed by atoms with E-state index in [0.29, 0.717) is 5.82 Å². The normalized spacial score (nSPS) is 12.2. The third kappa shape index (κ3) is 8.07. The maximum atomic E-state index is 11.2. The Bertz CT molecular complexity index is 367. The van der Waals surface area contributed by atoms with E-state index in [1.54, 1.807) is 19.3 Å². The zero-order chi connectivity index (χ0) is 14.1. The molecule has 105 valence electrons. The van der Waals surface area contributed by atoms with Gasteiger partial charge in [0.1, 0.15) is 11.9 Å². The van der Waals surface area contributed by atoms with Crippen molar-refractivity contribution in [2.24, 2.45) is 5.73 Å². The van der Waals surface area contributed by atoms with Gasteiger partial charge in [-0.25, -0.2) is 4.98 Å². The van der Waals surface area contributed by atoms with Crippen LogP contribution in [-0.4, -0.2) is 33.9 Å². The molecule has 0 aromatic carbocycles. The van der Waals surface area contributed by atoms with Gasteiger partial charge in [0.25, 0.3) is 0 Å². The molecule has 1 heterocycles. The second-order valence-corrected chi connectivity index (χ2v) is 3.43. The Morgan fingerprint density at radius 3 is 2.53 bits per heavy atom. The molecule has 1 aromatic heterocycles. The van der Waals surface area contributed by atoms with Gasteiger partial charge >= 0.3 is 0 Å². The predicted molar refractivity (Wildman–Crippen MR) is 68.2 cm³/mol. The number of nitrogens with two attached hydrogens (primary N) is 1. The number of H-pyrrole nitrogens is 1. The number of hydrogen-bond donors (Lipinski definition) is 3. The van der Waals surface area contributed by atoms with Crippen LogP contribution < -0.4 is 11.1 Å². The monoisotopic (exact) mass is 342 g/mol. The van der Waals surface area contributed by atoms with Crippen molar-refractivity contribution in [2.75, 3.05) is 0 Å². The van der Waals surface area contributed by atoms with E-state index in [1.807, 2.05) is 0 Å². The summed E-state index contributed by atoms with van der Waals surface area (Å²) in [5, 5.41) is 2.39. The molecule has 0 aliphatic carbocycles. The van der Waals surface area contributed by atoms with Crippen LogP contribution >= 0.6 is 0 Å². The van der Waals surface area contributed by atoms with Crippen molar-refractivity contribution in [1.29, 1.82) is 0 Å². The van der Waals surface area contributed by atoms with Crippen molar-refractivity contribution < 1.29 is 42.3 Å². The zero-order valence-electron chi connectivity index (χ0n) is 11.1. The van der Waals surface area contributed by atoms with Gasteiger partial charge in [0.05, 0.1) is 0 Å². The van der Waals surface area contributed by atoms with Gasteiger partial charge in [0.15, 0.2) is 0 Å². The van der Waals surface area contributed by atoms with Crippen molar-refractivity contribution in [2.45, 2.75) is 32.4 Å². The molecule has 1 radical (unpaired) electrons. The fourth-order valence-electron chi connectivity index (χ4n) is 1.12. The predicted octanol–water partition coefficient (Wildman–Crippen LogP) is 0.201. The molecule has 5 N–H and O–H groups in total. The SMILES string of the molecule is C[C@@H]([NH-])C(=O)N[C@H](Cc1ncc[nH]1)C(N)=O.[CH2-]C.[Y]. The van der Waals surface area contributed by atoms with Crippen molar-refractivity contribution in [3.05, 3.63) is 30.9 Å². The molecule has 7 nitrogen and oxygen atoms in total. The van der Waals surface area contributed by atoms with Gasteiger partial charge in [0, 0.05) is 51.5 Å². The molecule has 0 aliphatic heterocycles. The molecule has 1 aromatic rings. The van der Waals surface area contributed by atoms with Crippen LogP contribution in [0.15, 0.2) is 12.4 Å². The molecule has 8 heteroatoms. The second kappa shape index (κ2) is 11.1. The molecule has 0 unspecified atom stereocenters. The summed E-state index contributed by atoms with van der Waals surface area (Å²) in [5.74, 6) is -0.623. The third-order valence-corrected chi connectivity index (χ3v) is 2.01. The molecule has 1 rings (SSSR count). The molecule has 0 fully saturated rings. The number of aromatic nitrogens is 2. The van der Waals surface area contributed by atoms with Crippen LogP contribution in [0.2, 0.25) is 0 Å². The summed E-state index contributed by atoms with van der Waals surface area (Å²) >= 11 is 0. The van der Waals surface area contributed by atoms with Crippen LogP contribution in [0.1, 0.15) is 19.7 Å². The summed E-state index contributed by atoms with van der Waals surface area (Å²) in [6.45, 7) is 6.42. The molecule has 0 bridgehead atoms. The van der Waals surface area contributed by atoms with E-state index in [9.17, 15) is 9.59 Å². The average Bonchev–Trinajstić information content (AvgIpc) is 2.83. The van der Waals surface area contributed by atoms with E-state index in [2.05, 4.69) is 22.2 Å². The first-order valence-corrected chi connectivity index (χ1v) is 5.50. The zero-order valence-corrected chi connectivity index (χ0v) is 14.0. The summed E-state index contributed by atoms with van der Waals surface area (Å²) in [6, 6.07) is -1.77. The minimum atomic E-state index is -0.932. The molecule has 0 spiro atoms. The summed E-state index contributed by atoms with van der Waals surface area (Å²) in [4.78, 5) is 29.1. The van der Waals surface area contributed by atoms with Gasteiger partial charge in [-0.3, -0.25) is 9.59 Å². The van der Waals surface area contributed by atoms with Crippen LogP contribution in [-0.2, 0) is 48.7 Å². The van der Waals surface area contributed by atoms with Crippen LogP contribution in [0.5, 0.6) is 0 Å². The number of imidazole rings is 1. The Hall–Kier alpha value is -0.786. The van der Waals surface area contributed by atoms with E-state index in [1.165, 1.54) is 6.92 Å². The van der Waals surface area contributed by atoms with Crippen molar-refractivity contribution in [3.63, 3.8) is 0 Å². The molecule has 0 aliphatic rings. The first-order chi connectivity index (χ1) is 8.50. The Morgan fingerprint density at radius 1 is 1.58 bits per heavy atom. The number of nitrogens with one attached hydrogen (secondary N) is 3. The number of rotatable bonds is 5. The van der Waals surface area contributed by atoms with Crippen LogP contribution in [0.4, 0.5) is 0 Å². The molecule has 19 heavy (non-hydrogen) atoms. The molecule has 2 amide bonds. The Balaban J connectivity index is 0. The quantitative estimate of drug-likeness (QED) is 0.662. The molecule has 0 saturated carbocycles. The number of nitrogens with zero attached hydrogens (tertiary/aromatic N) is 1. The van der Waals surface area contributed by atoms with Crippen LogP contribution in [0, 0.1) is 6.92 Å². The minimum Gasteiger partial charge on any atom is -0.667 e. The van der Waals surface area contributed by atoms with E-state index in [0.717, 1.165) is 0 Å². The fourth-order valence-corrected chi connectivity index (χ4v) is 1.12. The largest absolute Gasteiger partial charge is 0.667 e. The number of primary amides is 1. The van der Waals surface area contributed by atoms with E-state index >= 15 is 0 Å². The van der Waals surface area contributed by atoms with Gasteiger partial charge in [-0.05, 0) is 0 Å². The topological polar surface area (TPSA) is 125 Å². The van der Waals surface area contributed by atoms with Gasteiger partial charge in [0.2, 0.25) is 11.8 Å². The first kappa shape index (κ1) is 20.5. The summed E-state index contributed by atoms with van der Waals surface area (Å²) in [5.41, 5.74) is 12.3. The van der Waals surface area contributed by atoms with Crippen LogP contribution in [0.3, 0.4) is 0 Å². The van der Waals surface area contributed by atoms with Gasteiger partial charge in [-0.15, -0.1) is 0 Å². The van der Waals surface area contributed by atoms with Crippen molar-refractivity contribution in [3.8, 4) is 0 Å². The standard InChI is InChI=1S/C9H14N5O2.C2H5.Y/c1-5(10)9(16)14-6(8(11)15)4-7-12-2-3-13-7;1-2;/h2-3,5-6,10H,4H2,1H3,(H2,11,15)(H,12,13)(H,14,16);1H2,2H3;/q2*-1;/t5-,6-;;/m1../s1. The van der Waals surface area contributed by atoms with E-state index in [-0.39, 0.29) is 39.1 Å². The Kier molecular flexibility index (Phi) is 12.0. The van der Waals surface area contributed by atoms with Gasteiger partial charge < -0.3 is 28.7 Å². The minimum absolute atomic E-state index is 0. The van der Waals surface area contributed by atoms with Gasteiger partial charge in [-0.2, -0.15) is 6.92 Å². The number of carbonyl (C=O) groups is 2. The molecule has 2 atom stereocenters. The van der Waals surface area contributed by atoms with E-state index < -0.39 is 23.9 Å². The fraction of sp³-hybridized carbons (Fsp3) is 0.455. The Morgan fingerprint density at radius 2 is 2.16 bits per heavy atom. The maximum absolute atomic E-state index is 11.2. The molecular weight excluding hydrogens is 323 g/mol. The number of hydrogen-bond acceptors (Lipinski definition) is 3. The van der Waals surface area contributed by atoms with Crippen molar-refractivity contribution in [1.82, 2.24) is 15.3 Å². The van der Waals surface area contributed by atoms with Crippen molar-refractivity contribution >= 4 is 11.8 Å². The summed E-state index contributed by atoms with van der Waals surface area (Å²) in [7, 11) is 0. The summed E-state index contributed by atoms with van der Waals surface area (Å²) < 4.78 is 0. The van der Waals surface area contributed by atoms with Crippen LogP contribution in [0.25, 0.3) is 5.73 Å². The Labute approximate surface area is 138 Å². The molecule has 0 saturated heterocycles. The van der Waals surface area contributed by atoms with E-state index in [4.69, 9.17) is 11.5 Å². The number of amides is 2. The van der Waals surface area contributed by atoms with Gasteiger partial charge in [-0.1, -0.05) is 13.0 Å². The number of aromatic amines is 1.